The Labute approximate surface area is 125 Å². The van der Waals surface area contributed by atoms with Crippen LogP contribution in [-0.2, 0) is 11.3 Å². The number of nitrogens with zero attached hydrogens (tertiary/aromatic N) is 1. The van der Waals surface area contributed by atoms with Gasteiger partial charge in [0.25, 0.3) is 0 Å². The van der Waals surface area contributed by atoms with E-state index in [0.717, 1.165) is 17.7 Å². The number of carbonyl (C=O) groups excluding carboxylic acids is 1. The van der Waals surface area contributed by atoms with Crippen molar-refractivity contribution >= 4 is 11.8 Å². The highest BCUT2D eigenvalue weighted by Crippen LogP contribution is 2.33. The number of rotatable bonds is 4. The molecule has 2 aromatic rings. The molecule has 3 nitrogen and oxygen atoms in total. The van der Waals surface area contributed by atoms with Crippen LogP contribution >= 0.6 is 0 Å². The highest BCUT2D eigenvalue weighted by Gasteiger charge is 2.37. The van der Waals surface area contributed by atoms with Gasteiger partial charge in [0.2, 0.25) is 0 Å². The number of para-hydroxylation sites is 1. The molecule has 3 rings (SSSR count). The van der Waals surface area contributed by atoms with E-state index >= 15 is 0 Å². The first-order valence-corrected chi connectivity index (χ1v) is 7.31. The second-order valence-corrected chi connectivity index (χ2v) is 5.54. The molecule has 0 saturated heterocycles. The van der Waals surface area contributed by atoms with Crippen LogP contribution in [0.15, 0.2) is 60.7 Å². The van der Waals surface area contributed by atoms with Crippen molar-refractivity contribution in [3.05, 3.63) is 66.2 Å². The summed E-state index contributed by atoms with van der Waals surface area (Å²) in [7, 11) is 0. The molecule has 2 unspecified atom stereocenters. The molecule has 1 aliphatic carbocycles. The van der Waals surface area contributed by atoms with E-state index in [1.54, 1.807) is 4.90 Å². The van der Waals surface area contributed by atoms with E-state index in [4.69, 9.17) is 4.74 Å². The molecule has 0 aromatic heterocycles. The van der Waals surface area contributed by atoms with Gasteiger partial charge in [-0.3, -0.25) is 4.90 Å². The SMILES string of the molecule is CC1CC1OC(=O)N(Cc1ccccc1)c1ccccc1. The summed E-state index contributed by atoms with van der Waals surface area (Å²) in [6.45, 7) is 2.62. The van der Waals surface area contributed by atoms with E-state index in [9.17, 15) is 4.79 Å². The van der Waals surface area contributed by atoms with Crippen molar-refractivity contribution in [1.82, 2.24) is 0 Å². The average molecular weight is 281 g/mol. The highest BCUT2D eigenvalue weighted by atomic mass is 16.6. The molecule has 1 amide bonds. The topological polar surface area (TPSA) is 29.5 Å². The Morgan fingerprint density at radius 1 is 1.10 bits per heavy atom. The standard InChI is InChI=1S/C18H19NO2/c1-14-12-17(14)21-18(20)19(16-10-6-3-7-11-16)13-15-8-4-2-5-9-15/h2-11,14,17H,12-13H2,1H3. The molecule has 2 atom stereocenters. The summed E-state index contributed by atoms with van der Waals surface area (Å²) in [4.78, 5) is 14.1. The second kappa shape index (κ2) is 6.00. The Morgan fingerprint density at radius 2 is 1.67 bits per heavy atom. The zero-order valence-corrected chi connectivity index (χ0v) is 12.1. The van der Waals surface area contributed by atoms with Gasteiger partial charge in [-0.05, 0) is 30.0 Å². The molecular weight excluding hydrogens is 262 g/mol. The van der Waals surface area contributed by atoms with Crippen LogP contribution in [0.1, 0.15) is 18.9 Å². The Morgan fingerprint density at radius 3 is 2.24 bits per heavy atom. The smallest absolute Gasteiger partial charge is 0.414 e. The third-order valence-corrected chi connectivity index (χ3v) is 3.76. The monoisotopic (exact) mass is 281 g/mol. The first kappa shape index (κ1) is 13.7. The van der Waals surface area contributed by atoms with Gasteiger partial charge in [-0.2, -0.15) is 0 Å². The molecular formula is C18H19NO2. The Balaban J connectivity index is 1.79. The first-order valence-electron chi connectivity index (χ1n) is 7.31. The fourth-order valence-electron chi connectivity index (χ4n) is 2.28. The zero-order chi connectivity index (χ0) is 14.7. The van der Waals surface area contributed by atoms with Crippen LogP contribution in [0.2, 0.25) is 0 Å². The Hall–Kier alpha value is -2.29. The number of hydrogen-bond donors (Lipinski definition) is 0. The predicted molar refractivity (Wildman–Crippen MR) is 83.1 cm³/mol. The van der Waals surface area contributed by atoms with Crippen molar-refractivity contribution in [3.63, 3.8) is 0 Å². The minimum atomic E-state index is -0.264. The third-order valence-electron chi connectivity index (χ3n) is 3.76. The van der Waals surface area contributed by atoms with Crippen molar-refractivity contribution in [3.8, 4) is 0 Å². The van der Waals surface area contributed by atoms with Gasteiger partial charge < -0.3 is 4.74 Å². The van der Waals surface area contributed by atoms with Crippen LogP contribution in [0.25, 0.3) is 0 Å². The Kier molecular flexibility index (Phi) is 3.91. The van der Waals surface area contributed by atoms with Crippen molar-refractivity contribution in [2.24, 2.45) is 5.92 Å². The van der Waals surface area contributed by atoms with E-state index in [1.807, 2.05) is 60.7 Å². The lowest BCUT2D eigenvalue weighted by molar-refractivity contribution is 0.141. The van der Waals surface area contributed by atoms with E-state index in [-0.39, 0.29) is 12.2 Å². The highest BCUT2D eigenvalue weighted by molar-refractivity contribution is 5.87. The summed E-state index contributed by atoms with van der Waals surface area (Å²) in [5.74, 6) is 0.489. The van der Waals surface area contributed by atoms with Gasteiger partial charge in [-0.15, -0.1) is 0 Å². The van der Waals surface area contributed by atoms with Gasteiger partial charge in [0, 0.05) is 5.69 Å². The molecule has 2 aromatic carbocycles. The lowest BCUT2D eigenvalue weighted by atomic mass is 10.2. The molecule has 108 valence electrons. The molecule has 0 N–H and O–H groups in total. The number of hydrogen-bond acceptors (Lipinski definition) is 2. The summed E-state index contributed by atoms with van der Waals surface area (Å²) >= 11 is 0. The minimum absolute atomic E-state index is 0.0829. The fourth-order valence-corrected chi connectivity index (χ4v) is 2.28. The number of carbonyl (C=O) groups is 1. The normalized spacial score (nSPS) is 19.9. The summed E-state index contributed by atoms with van der Waals surface area (Å²) in [6, 6.07) is 19.6. The lowest BCUT2D eigenvalue weighted by Gasteiger charge is -2.22. The van der Waals surface area contributed by atoms with Crippen LogP contribution in [0.3, 0.4) is 0 Å². The van der Waals surface area contributed by atoms with Gasteiger partial charge in [0.15, 0.2) is 0 Å². The number of ether oxygens (including phenoxy) is 1. The molecule has 21 heavy (non-hydrogen) atoms. The molecule has 1 saturated carbocycles. The van der Waals surface area contributed by atoms with E-state index in [0.29, 0.717) is 12.5 Å². The second-order valence-electron chi connectivity index (χ2n) is 5.54. The minimum Gasteiger partial charge on any atom is -0.446 e. The molecule has 0 heterocycles. The van der Waals surface area contributed by atoms with E-state index in [2.05, 4.69) is 6.92 Å². The van der Waals surface area contributed by atoms with Gasteiger partial charge in [0.1, 0.15) is 6.10 Å². The number of anilines is 1. The molecule has 3 heteroatoms. The molecule has 1 fully saturated rings. The van der Waals surface area contributed by atoms with Crippen molar-refractivity contribution in [2.45, 2.75) is 26.0 Å². The van der Waals surface area contributed by atoms with E-state index in [1.165, 1.54) is 0 Å². The average Bonchev–Trinajstić information content (AvgIpc) is 3.21. The molecule has 1 aliphatic rings. The van der Waals surface area contributed by atoms with Gasteiger partial charge in [-0.25, -0.2) is 4.79 Å². The van der Waals surface area contributed by atoms with Crippen LogP contribution in [0, 0.1) is 5.92 Å². The molecule has 0 aliphatic heterocycles. The lowest BCUT2D eigenvalue weighted by Crippen LogP contribution is -2.31. The summed E-state index contributed by atoms with van der Waals surface area (Å²) in [6.07, 6.45) is 0.790. The van der Waals surface area contributed by atoms with Crippen LogP contribution in [0.4, 0.5) is 10.5 Å². The maximum Gasteiger partial charge on any atom is 0.414 e. The summed E-state index contributed by atoms with van der Waals surface area (Å²) in [5.41, 5.74) is 1.95. The van der Waals surface area contributed by atoms with Gasteiger partial charge >= 0.3 is 6.09 Å². The van der Waals surface area contributed by atoms with Crippen LogP contribution in [0.5, 0.6) is 0 Å². The maximum absolute atomic E-state index is 12.4. The van der Waals surface area contributed by atoms with Crippen LogP contribution < -0.4 is 4.90 Å². The first-order chi connectivity index (χ1) is 10.2. The van der Waals surface area contributed by atoms with Gasteiger partial charge in [-0.1, -0.05) is 55.5 Å². The van der Waals surface area contributed by atoms with Crippen molar-refractivity contribution < 1.29 is 9.53 Å². The largest absolute Gasteiger partial charge is 0.446 e. The third kappa shape index (κ3) is 3.43. The number of benzene rings is 2. The summed E-state index contributed by atoms with van der Waals surface area (Å²) < 4.78 is 5.55. The summed E-state index contributed by atoms with van der Waals surface area (Å²) in [5, 5.41) is 0. The molecule has 0 spiro atoms. The fraction of sp³-hybridized carbons (Fsp3) is 0.278. The molecule has 0 bridgehead atoms. The Bertz CT molecular complexity index is 597. The quantitative estimate of drug-likeness (QED) is 0.839. The predicted octanol–water partition coefficient (Wildman–Crippen LogP) is 4.24. The van der Waals surface area contributed by atoms with Gasteiger partial charge in [0.05, 0.1) is 6.54 Å². The van der Waals surface area contributed by atoms with E-state index < -0.39 is 0 Å². The number of amides is 1. The van der Waals surface area contributed by atoms with Crippen molar-refractivity contribution in [1.29, 1.82) is 0 Å². The maximum atomic E-state index is 12.4. The van der Waals surface area contributed by atoms with Crippen LogP contribution in [-0.4, -0.2) is 12.2 Å². The van der Waals surface area contributed by atoms with Crippen molar-refractivity contribution in [2.75, 3.05) is 4.90 Å². The zero-order valence-electron chi connectivity index (χ0n) is 12.1. The molecule has 0 radical (unpaired) electrons.